The summed E-state index contributed by atoms with van der Waals surface area (Å²) >= 11 is 0. The highest BCUT2D eigenvalue weighted by Crippen LogP contribution is 2.35. The van der Waals surface area contributed by atoms with E-state index in [1.807, 2.05) is 11.9 Å². The lowest BCUT2D eigenvalue weighted by molar-refractivity contribution is -0.137. The van der Waals surface area contributed by atoms with Crippen molar-refractivity contribution in [2.24, 2.45) is 0 Å². The summed E-state index contributed by atoms with van der Waals surface area (Å²) in [6.07, 6.45) is -4.09. The number of fused-ring (bicyclic) bond motifs is 1. The Hall–Kier alpha value is -2.35. The van der Waals surface area contributed by atoms with Crippen LogP contribution in [-0.2, 0) is 19.1 Å². The number of carboxylic acids is 1. The molecular weight excluding hydrogens is 311 g/mol. The van der Waals surface area contributed by atoms with Crippen LogP contribution in [0.25, 0.3) is 5.69 Å². The fourth-order valence-electron chi connectivity index (χ4n) is 2.82. The van der Waals surface area contributed by atoms with Crippen molar-refractivity contribution in [3.63, 3.8) is 0 Å². The minimum absolute atomic E-state index is 0.145. The van der Waals surface area contributed by atoms with Gasteiger partial charge in [-0.3, -0.25) is 0 Å². The normalized spacial score (nSPS) is 15.5. The van der Waals surface area contributed by atoms with Crippen LogP contribution in [0.2, 0.25) is 0 Å². The SMILES string of the molecule is CN1CCc2c(c(C(=O)O)nn2-c2ccccc2C(F)(F)F)C1. The van der Waals surface area contributed by atoms with Crippen molar-refractivity contribution in [1.29, 1.82) is 0 Å². The zero-order valence-electron chi connectivity index (χ0n) is 12.3. The number of nitrogens with zero attached hydrogens (tertiary/aromatic N) is 3. The molecule has 0 saturated carbocycles. The Balaban J connectivity index is 2.23. The molecule has 5 nitrogen and oxygen atoms in total. The molecule has 1 aliphatic rings. The molecule has 3 rings (SSSR count). The van der Waals surface area contributed by atoms with Gasteiger partial charge in [0.2, 0.25) is 0 Å². The second-order valence-electron chi connectivity index (χ2n) is 5.49. The highest BCUT2D eigenvalue weighted by atomic mass is 19.4. The zero-order valence-corrected chi connectivity index (χ0v) is 12.3. The van der Waals surface area contributed by atoms with Gasteiger partial charge in [-0.15, -0.1) is 0 Å². The van der Waals surface area contributed by atoms with E-state index < -0.39 is 17.7 Å². The maximum absolute atomic E-state index is 13.2. The molecule has 2 heterocycles. The Kier molecular flexibility index (Phi) is 3.63. The molecule has 0 atom stereocenters. The lowest BCUT2D eigenvalue weighted by atomic mass is 10.0. The molecule has 0 spiro atoms. The number of hydrogen-bond acceptors (Lipinski definition) is 3. The van der Waals surface area contributed by atoms with E-state index in [1.165, 1.54) is 18.2 Å². The van der Waals surface area contributed by atoms with Gasteiger partial charge in [-0.25, -0.2) is 9.48 Å². The summed E-state index contributed by atoms with van der Waals surface area (Å²) in [4.78, 5) is 13.3. The second kappa shape index (κ2) is 5.38. The van der Waals surface area contributed by atoms with Crippen LogP contribution in [0.4, 0.5) is 13.2 Å². The van der Waals surface area contributed by atoms with Gasteiger partial charge < -0.3 is 10.0 Å². The summed E-state index contributed by atoms with van der Waals surface area (Å²) in [7, 11) is 1.83. The molecule has 1 N–H and O–H groups in total. The van der Waals surface area contributed by atoms with Crippen molar-refractivity contribution in [3.8, 4) is 5.69 Å². The summed E-state index contributed by atoms with van der Waals surface area (Å²) in [5, 5.41) is 13.3. The number of hydrogen-bond donors (Lipinski definition) is 1. The number of likely N-dealkylation sites (N-methyl/N-ethyl adjacent to an activating group) is 1. The van der Waals surface area contributed by atoms with E-state index in [1.54, 1.807) is 0 Å². The first-order chi connectivity index (χ1) is 10.8. The Labute approximate surface area is 129 Å². The molecule has 0 saturated heterocycles. The maximum atomic E-state index is 13.2. The number of alkyl halides is 3. The number of halogens is 3. The minimum Gasteiger partial charge on any atom is -0.476 e. The van der Waals surface area contributed by atoms with E-state index >= 15 is 0 Å². The van der Waals surface area contributed by atoms with Crippen molar-refractivity contribution >= 4 is 5.97 Å². The summed E-state index contributed by atoms with van der Waals surface area (Å²) in [6.45, 7) is 0.983. The lowest BCUT2D eigenvalue weighted by Crippen LogP contribution is -2.28. The van der Waals surface area contributed by atoms with E-state index in [-0.39, 0.29) is 11.4 Å². The van der Waals surface area contributed by atoms with Gasteiger partial charge in [0, 0.05) is 25.1 Å². The van der Waals surface area contributed by atoms with E-state index in [0.29, 0.717) is 30.8 Å². The van der Waals surface area contributed by atoms with E-state index in [9.17, 15) is 23.1 Å². The summed E-state index contributed by atoms with van der Waals surface area (Å²) in [6, 6.07) is 5.06. The van der Waals surface area contributed by atoms with Gasteiger partial charge in [-0.05, 0) is 19.2 Å². The predicted molar refractivity (Wildman–Crippen MR) is 75.6 cm³/mol. The van der Waals surface area contributed by atoms with Gasteiger partial charge in [0.15, 0.2) is 5.69 Å². The zero-order chi connectivity index (χ0) is 16.8. The van der Waals surface area contributed by atoms with Gasteiger partial charge >= 0.3 is 12.1 Å². The van der Waals surface area contributed by atoms with Crippen LogP contribution in [0.5, 0.6) is 0 Å². The Morgan fingerprint density at radius 3 is 2.65 bits per heavy atom. The summed E-state index contributed by atoms with van der Waals surface area (Å²) < 4.78 is 40.8. The van der Waals surface area contributed by atoms with Crippen molar-refractivity contribution in [3.05, 3.63) is 46.8 Å². The molecule has 23 heavy (non-hydrogen) atoms. The van der Waals surface area contributed by atoms with Crippen LogP contribution in [0.3, 0.4) is 0 Å². The number of carboxylic acid groups (broad SMARTS) is 1. The summed E-state index contributed by atoms with van der Waals surface area (Å²) in [5.74, 6) is -1.24. The molecule has 1 aromatic carbocycles. The maximum Gasteiger partial charge on any atom is 0.418 e. The third-order valence-corrected chi connectivity index (χ3v) is 3.89. The van der Waals surface area contributed by atoms with E-state index in [4.69, 9.17) is 0 Å². The quantitative estimate of drug-likeness (QED) is 0.922. The van der Waals surface area contributed by atoms with Gasteiger partial charge in [-0.2, -0.15) is 18.3 Å². The minimum atomic E-state index is -4.54. The van der Waals surface area contributed by atoms with E-state index in [2.05, 4.69) is 5.10 Å². The Bertz CT molecular complexity index is 768. The van der Waals surface area contributed by atoms with E-state index in [0.717, 1.165) is 10.7 Å². The third-order valence-electron chi connectivity index (χ3n) is 3.89. The third kappa shape index (κ3) is 2.70. The average molecular weight is 325 g/mol. The molecule has 1 aromatic heterocycles. The van der Waals surface area contributed by atoms with Gasteiger partial charge in [-0.1, -0.05) is 12.1 Å². The van der Waals surface area contributed by atoms with Gasteiger partial charge in [0.1, 0.15) is 0 Å². The number of rotatable bonds is 2. The Morgan fingerprint density at radius 1 is 1.30 bits per heavy atom. The first kappa shape index (κ1) is 15.5. The monoisotopic (exact) mass is 325 g/mol. The molecule has 2 aromatic rings. The molecule has 0 aliphatic carbocycles. The van der Waals surface area contributed by atoms with Crippen LogP contribution in [-0.4, -0.2) is 39.3 Å². The molecule has 8 heteroatoms. The highest BCUT2D eigenvalue weighted by Gasteiger charge is 2.36. The molecule has 0 unspecified atom stereocenters. The van der Waals surface area contributed by atoms with Gasteiger partial charge in [0.25, 0.3) is 0 Å². The number of benzene rings is 1. The molecule has 0 bridgehead atoms. The standard InChI is InChI=1S/C15H14F3N3O2/c1-20-7-6-11-9(8-20)13(14(22)23)19-21(11)12-5-3-2-4-10(12)15(16,17)18/h2-5H,6-8H2,1H3,(H,22,23). The fourth-order valence-corrected chi connectivity index (χ4v) is 2.82. The van der Waals surface area contributed by atoms with Crippen molar-refractivity contribution in [1.82, 2.24) is 14.7 Å². The van der Waals surface area contributed by atoms with Crippen LogP contribution < -0.4 is 0 Å². The van der Waals surface area contributed by atoms with Crippen LogP contribution in [0, 0.1) is 0 Å². The number of para-hydroxylation sites is 1. The molecule has 122 valence electrons. The van der Waals surface area contributed by atoms with Crippen molar-refractivity contribution < 1.29 is 23.1 Å². The Morgan fingerprint density at radius 2 is 2.00 bits per heavy atom. The van der Waals surface area contributed by atoms with Crippen LogP contribution >= 0.6 is 0 Å². The second-order valence-corrected chi connectivity index (χ2v) is 5.49. The van der Waals surface area contributed by atoms with Crippen LogP contribution in [0.15, 0.2) is 24.3 Å². The number of aromatic nitrogens is 2. The average Bonchev–Trinajstić information content (AvgIpc) is 2.85. The van der Waals surface area contributed by atoms with Crippen LogP contribution in [0.1, 0.15) is 27.3 Å². The fraction of sp³-hybridized carbons (Fsp3) is 0.333. The predicted octanol–water partition coefficient (Wildman–Crippen LogP) is 2.58. The molecule has 0 radical (unpaired) electrons. The number of aromatic carboxylic acids is 1. The summed E-state index contributed by atoms with van der Waals surface area (Å²) in [5.41, 5.74) is -0.168. The molecule has 1 aliphatic heterocycles. The number of carbonyl (C=O) groups is 1. The lowest BCUT2D eigenvalue weighted by Gasteiger charge is -2.23. The topological polar surface area (TPSA) is 58.4 Å². The largest absolute Gasteiger partial charge is 0.476 e. The molecule has 0 fully saturated rings. The van der Waals surface area contributed by atoms with Gasteiger partial charge in [0.05, 0.1) is 16.9 Å². The molecular formula is C15H14F3N3O2. The van der Waals surface area contributed by atoms with Crippen molar-refractivity contribution in [2.45, 2.75) is 19.1 Å². The smallest absolute Gasteiger partial charge is 0.418 e. The first-order valence-corrected chi connectivity index (χ1v) is 6.98. The molecule has 0 amide bonds. The highest BCUT2D eigenvalue weighted by molar-refractivity contribution is 5.87. The first-order valence-electron chi connectivity index (χ1n) is 6.98. The van der Waals surface area contributed by atoms with Crippen molar-refractivity contribution in [2.75, 3.05) is 13.6 Å².